The van der Waals surface area contributed by atoms with E-state index in [-0.39, 0.29) is 12.3 Å². The molecular formula is C22H21N3O4. The van der Waals surface area contributed by atoms with Crippen LogP contribution in [0.15, 0.2) is 48.5 Å². The number of Topliss-reactive ketones (excluding diaryl/α,β-unsaturated/α-hetero) is 1. The molecule has 4 rings (SSSR count). The van der Waals surface area contributed by atoms with Crippen LogP contribution in [0.3, 0.4) is 0 Å². The number of amides is 2. The van der Waals surface area contributed by atoms with E-state index < -0.39 is 17.7 Å². The molecule has 7 nitrogen and oxygen atoms in total. The van der Waals surface area contributed by atoms with E-state index in [1.807, 2.05) is 30.3 Å². The van der Waals surface area contributed by atoms with Gasteiger partial charge in [-0.3, -0.25) is 14.4 Å². The van der Waals surface area contributed by atoms with Gasteiger partial charge in [0.05, 0.1) is 18.7 Å². The summed E-state index contributed by atoms with van der Waals surface area (Å²) in [6.07, 6.45) is 0.142. The molecule has 1 saturated heterocycles. The Hall–Kier alpha value is -3.61. The monoisotopic (exact) mass is 391 g/mol. The summed E-state index contributed by atoms with van der Waals surface area (Å²) < 4.78 is 5.20. The van der Waals surface area contributed by atoms with E-state index in [4.69, 9.17) is 4.74 Å². The predicted molar refractivity (Wildman–Crippen MR) is 109 cm³/mol. The second-order valence-corrected chi connectivity index (χ2v) is 7.08. The summed E-state index contributed by atoms with van der Waals surface area (Å²) >= 11 is 0. The number of aromatic nitrogens is 1. The Kier molecular flexibility index (Phi) is 4.80. The number of ether oxygens (including phenoxy) is 1. The fourth-order valence-electron chi connectivity index (χ4n) is 3.77. The fourth-order valence-corrected chi connectivity index (χ4v) is 3.77. The van der Waals surface area contributed by atoms with Crippen LogP contribution in [0.1, 0.15) is 22.5 Å². The number of hydrogen-bond donors (Lipinski definition) is 2. The van der Waals surface area contributed by atoms with Crippen LogP contribution in [0.5, 0.6) is 5.75 Å². The molecule has 7 heteroatoms. The lowest BCUT2D eigenvalue weighted by atomic mass is 10.1. The van der Waals surface area contributed by atoms with Crippen molar-refractivity contribution in [1.29, 1.82) is 0 Å². The third kappa shape index (κ3) is 3.47. The van der Waals surface area contributed by atoms with Crippen LogP contribution < -0.4 is 15.0 Å². The standard InChI is InChI=1S/C22H21N3O4/c1-13-20(17-8-3-4-9-18(17)23-13)21(27)22(28)24-14-10-19(26)25(12-14)15-6-5-7-16(11-15)29-2/h3-9,11,14,23H,10,12H2,1-2H3,(H,24,28)/t14-/m1/s1. The van der Waals surface area contributed by atoms with E-state index in [2.05, 4.69) is 10.3 Å². The Morgan fingerprint density at radius 1 is 1.17 bits per heavy atom. The molecule has 1 aromatic heterocycles. The van der Waals surface area contributed by atoms with Crippen molar-refractivity contribution in [2.24, 2.45) is 0 Å². The first-order chi connectivity index (χ1) is 14.0. The number of nitrogens with zero attached hydrogens (tertiary/aromatic N) is 1. The van der Waals surface area contributed by atoms with Gasteiger partial charge in [-0.1, -0.05) is 24.3 Å². The van der Waals surface area contributed by atoms with Gasteiger partial charge in [0.15, 0.2) is 0 Å². The van der Waals surface area contributed by atoms with Crippen LogP contribution in [0.4, 0.5) is 5.69 Å². The van der Waals surface area contributed by atoms with Gasteiger partial charge in [-0.2, -0.15) is 0 Å². The predicted octanol–water partition coefficient (Wildman–Crippen LogP) is 2.59. The number of fused-ring (bicyclic) bond motifs is 1. The topological polar surface area (TPSA) is 91.5 Å². The Bertz CT molecular complexity index is 1120. The summed E-state index contributed by atoms with van der Waals surface area (Å²) in [6, 6.07) is 14.1. The SMILES string of the molecule is COc1cccc(N2C[C@H](NC(=O)C(=O)c3c(C)[nH]c4ccccc34)CC2=O)c1. The zero-order valence-corrected chi connectivity index (χ0v) is 16.2. The third-order valence-corrected chi connectivity index (χ3v) is 5.15. The second kappa shape index (κ2) is 7.43. The second-order valence-electron chi connectivity index (χ2n) is 7.08. The first-order valence-corrected chi connectivity index (χ1v) is 9.35. The van der Waals surface area contributed by atoms with Crippen LogP contribution in [-0.4, -0.2) is 42.3 Å². The highest BCUT2D eigenvalue weighted by Gasteiger charge is 2.33. The van der Waals surface area contributed by atoms with Crippen molar-refractivity contribution in [2.75, 3.05) is 18.6 Å². The van der Waals surface area contributed by atoms with Gasteiger partial charge in [0.1, 0.15) is 5.75 Å². The number of aryl methyl sites for hydroxylation is 1. The molecule has 0 saturated carbocycles. The smallest absolute Gasteiger partial charge is 0.292 e. The van der Waals surface area contributed by atoms with Gasteiger partial charge >= 0.3 is 0 Å². The number of anilines is 1. The first kappa shape index (κ1) is 18.7. The molecule has 2 N–H and O–H groups in total. The molecule has 3 aromatic rings. The van der Waals surface area contributed by atoms with E-state index in [0.29, 0.717) is 34.6 Å². The lowest BCUT2D eigenvalue weighted by molar-refractivity contribution is -0.118. The maximum absolute atomic E-state index is 12.8. The minimum atomic E-state index is -0.705. The molecule has 1 aliphatic heterocycles. The normalized spacial score (nSPS) is 16.3. The number of rotatable bonds is 5. The number of benzene rings is 2. The van der Waals surface area contributed by atoms with E-state index in [1.54, 1.807) is 37.1 Å². The number of carbonyl (C=O) groups is 3. The maximum atomic E-state index is 12.8. The number of hydrogen-bond acceptors (Lipinski definition) is 4. The fraction of sp³-hybridized carbons (Fsp3) is 0.227. The molecule has 0 radical (unpaired) electrons. The number of para-hydroxylation sites is 1. The van der Waals surface area contributed by atoms with E-state index >= 15 is 0 Å². The Morgan fingerprint density at radius 2 is 1.97 bits per heavy atom. The average molecular weight is 391 g/mol. The molecule has 2 amide bonds. The molecule has 0 aliphatic carbocycles. The van der Waals surface area contributed by atoms with Gasteiger partial charge in [-0.25, -0.2) is 0 Å². The number of nitrogens with one attached hydrogen (secondary N) is 2. The van der Waals surface area contributed by atoms with Gasteiger partial charge in [-0.05, 0) is 25.1 Å². The summed E-state index contributed by atoms with van der Waals surface area (Å²) in [5.74, 6) is -0.776. The molecule has 148 valence electrons. The Morgan fingerprint density at radius 3 is 2.76 bits per heavy atom. The van der Waals surface area contributed by atoms with Crippen LogP contribution in [0.25, 0.3) is 10.9 Å². The highest BCUT2D eigenvalue weighted by Crippen LogP contribution is 2.26. The average Bonchev–Trinajstić information content (AvgIpc) is 3.25. The van der Waals surface area contributed by atoms with Crippen molar-refractivity contribution in [1.82, 2.24) is 10.3 Å². The zero-order chi connectivity index (χ0) is 20.5. The highest BCUT2D eigenvalue weighted by atomic mass is 16.5. The largest absolute Gasteiger partial charge is 0.497 e. The van der Waals surface area contributed by atoms with E-state index in [1.165, 1.54) is 0 Å². The zero-order valence-electron chi connectivity index (χ0n) is 16.2. The number of aromatic amines is 1. The molecule has 1 aliphatic rings. The van der Waals surface area contributed by atoms with E-state index in [9.17, 15) is 14.4 Å². The van der Waals surface area contributed by atoms with Gasteiger partial charge in [0.2, 0.25) is 5.91 Å². The minimum Gasteiger partial charge on any atom is -0.497 e. The van der Waals surface area contributed by atoms with Crippen molar-refractivity contribution in [2.45, 2.75) is 19.4 Å². The summed E-state index contributed by atoms with van der Waals surface area (Å²) in [7, 11) is 1.56. The molecule has 0 unspecified atom stereocenters. The Labute approximate surface area is 167 Å². The number of ketones is 1. The molecule has 1 fully saturated rings. The molecule has 2 aromatic carbocycles. The van der Waals surface area contributed by atoms with Gasteiger partial charge in [0, 0.05) is 41.3 Å². The maximum Gasteiger partial charge on any atom is 0.292 e. The number of H-pyrrole nitrogens is 1. The third-order valence-electron chi connectivity index (χ3n) is 5.15. The van der Waals surface area contributed by atoms with Crippen molar-refractivity contribution >= 4 is 34.2 Å². The molecule has 2 heterocycles. The molecule has 0 bridgehead atoms. The van der Waals surface area contributed by atoms with Crippen LogP contribution in [0, 0.1) is 6.92 Å². The summed E-state index contributed by atoms with van der Waals surface area (Å²) in [6.45, 7) is 2.07. The summed E-state index contributed by atoms with van der Waals surface area (Å²) in [5, 5.41) is 3.44. The van der Waals surface area contributed by atoms with Crippen LogP contribution in [-0.2, 0) is 9.59 Å². The molecule has 1 atom stereocenters. The van der Waals surface area contributed by atoms with Gasteiger partial charge < -0.3 is 19.9 Å². The first-order valence-electron chi connectivity index (χ1n) is 9.35. The molecule has 29 heavy (non-hydrogen) atoms. The number of carbonyl (C=O) groups excluding carboxylic acids is 3. The Balaban J connectivity index is 1.49. The molecular weight excluding hydrogens is 370 g/mol. The van der Waals surface area contributed by atoms with Gasteiger partial charge in [-0.15, -0.1) is 0 Å². The minimum absolute atomic E-state index is 0.112. The number of methoxy groups -OCH3 is 1. The highest BCUT2D eigenvalue weighted by molar-refractivity contribution is 6.45. The summed E-state index contributed by atoms with van der Waals surface area (Å²) in [5.41, 5.74) is 2.52. The van der Waals surface area contributed by atoms with Crippen molar-refractivity contribution < 1.29 is 19.1 Å². The van der Waals surface area contributed by atoms with Crippen molar-refractivity contribution in [3.05, 3.63) is 59.8 Å². The van der Waals surface area contributed by atoms with Gasteiger partial charge in [0.25, 0.3) is 11.7 Å². The lowest BCUT2D eigenvalue weighted by Crippen LogP contribution is -2.41. The van der Waals surface area contributed by atoms with E-state index in [0.717, 1.165) is 5.52 Å². The quantitative estimate of drug-likeness (QED) is 0.517. The summed E-state index contributed by atoms with van der Waals surface area (Å²) in [4.78, 5) is 42.6. The lowest BCUT2D eigenvalue weighted by Gasteiger charge is -2.17. The van der Waals surface area contributed by atoms with Crippen LogP contribution >= 0.6 is 0 Å². The van der Waals surface area contributed by atoms with Crippen molar-refractivity contribution in [3.63, 3.8) is 0 Å². The van der Waals surface area contributed by atoms with Crippen LogP contribution in [0.2, 0.25) is 0 Å². The van der Waals surface area contributed by atoms with Crippen molar-refractivity contribution in [3.8, 4) is 5.75 Å². The molecule has 0 spiro atoms.